The quantitative estimate of drug-likeness (QED) is 0.659. The number of hydrogen-bond acceptors (Lipinski definition) is 4. The van der Waals surface area contributed by atoms with Crippen molar-refractivity contribution in [2.24, 2.45) is 0 Å². The van der Waals surface area contributed by atoms with Crippen LogP contribution in [0.15, 0.2) is 0 Å². The highest BCUT2D eigenvalue weighted by atomic mass is 32.2. The van der Waals surface area contributed by atoms with Gasteiger partial charge in [-0.25, -0.2) is 12.7 Å². The second-order valence-corrected chi connectivity index (χ2v) is 6.87. The predicted molar refractivity (Wildman–Crippen MR) is 51.0 cm³/mol. The van der Waals surface area contributed by atoms with Crippen molar-refractivity contribution < 1.29 is 21.4 Å². The maximum absolute atomic E-state index is 11.4. The first-order valence-electron chi connectivity index (χ1n) is 4.24. The molecule has 0 bridgehead atoms. The molecule has 0 aliphatic carbocycles. The number of nitrogens with zero attached hydrogens (tertiary/aromatic N) is 1. The van der Waals surface area contributed by atoms with Gasteiger partial charge in [0.1, 0.15) is 0 Å². The molecule has 0 unspecified atom stereocenters. The average Bonchev–Trinajstić information content (AvgIpc) is 2.52. The summed E-state index contributed by atoms with van der Waals surface area (Å²) < 4.78 is 53.3. The van der Waals surface area contributed by atoms with Gasteiger partial charge in [0.15, 0.2) is 0 Å². The highest BCUT2D eigenvalue weighted by Gasteiger charge is 2.26. The Bertz CT molecular complexity index is 378. The maximum Gasteiger partial charge on any atom is 0.265 e. The zero-order valence-corrected chi connectivity index (χ0v) is 9.22. The third-order valence-corrected chi connectivity index (χ3v) is 4.91. The van der Waals surface area contributed by atoms with E-state index in [1.54, 1.807) is 0 Å². The van der Waals surface area contributed by atoms with Gasteiger partial charge in [0.25, 0.3) is 10.1 Å². The minimum Gasteiger partial charge on any atom is -0.286 e. The van der Waals surface area contributed by atoms with Crippen LogP contribution in [0.25, 0.3) is 0 Å². The fourth-order valence-electron chi connectivity index (χ4n) is 1.31. The lowest BCUT2D eigenvalue weighted by molar-refractivity contribution is 0.470. The Balaban J connectivity index is 2.58. The SMILES string of the molecule is O=S(=O)(O)CCS(=O)(=O)N1CCCC1. The summed E-state index contributed by atoms with van der Waals surface area (Å²) in [5.74, 6) is -1.27. The van der Waals surface area contributed by atoms with Gasteiger partial charge in [0.05, 0.1) is 11.5 Å². The Hall–Kier alpha value is -0.180. The van der Waals surface area contributed by atoms with Crippen molar-refractivity contribution in [3.8, 4) is 0 Å². The topological polar surface area (TPSA) is 91.7 Å². The van der Waals surface area contributed by atoms with E-state index in [4.69, 9.17) is 4.55 Å². The molecule has 0 spiro atoms. The normalized spacial score (nSPS) is 20.1. The summed E-state index contributed by atoms with van der Waals surface area (Å²) in [5, 5.41) is 0. The largest absolute Gasteiger partial charge is 0.286 e. The molecule has 0 aromatic carbocycles. The Kier molecular flexibility index (Phi) is 3.51. The Morgan fingerprint density at radius 1 is 1.00 bits per heavy atom. The third-order valence-electron chi connectivity index (χ3n) is 2.06. The predicted octanol–water partition coefficient (Wildman–Crippen LogP) is -0.700. The average molecular weight is 243 g/mol. The Morgan fingerprint density at radius 2 is 1.50 bits per heavy atom. The van der Waals surface area contributed by atoms with E-state index in [9.17, 15) is 16.8 Å². The van der Waals surface area contributed by atoms with Crippen molar-refractivity contribution in [2.45, 2.75) is 12.8 Å². The van der Waals surface area contributed by atoms with Crippen LogP contribution in [0.3, 0.4) is 0 Å². The van der Waals surface area contributed by atoms with Crippen LogP contribution in [0, 0.1) is 0 Å². The number of hydrogen-bond donors (Lipinski definition) is 1. The van der Waals surface area contributed by atoms with Crippen LogP contribution in [-0.2, 0) is 20.1 Å². The van der Waals surface area contributed by atoms with Crippen molar-refractivity contribution in [1.82, 2.24) is 4.31 Å². The number of rotatable bonds is 4. The van der Waals surface area contributed by atoms with Crippen LogP contribution in [0.1, 0.15) is 12.8 Å². The lowest BCUT2D eigenvalue weighted by atomic mass is 10.4. The zero-order chi connectivity index (χ0) is 10.8. The van der Waals surface area contributed by atoms with E-state index in [1.165, 1.54) is 4.31 Å². The molecule has 14 heavy (non-hydrogen) atoms. The molecule has 1 heterocycles. The smallest absolute Gasteiger partial charge is 0.265 e. The van der Waals surface area contributed by atoms with E-state index in [1.807, 2.05) is 0 Å². The first-order valence-corrected chi connectivity index (χ1v) is 7.46. The molecule has 0 aromatic rings. The third kappa shape index (κ3) is 3.52. The van der Waals surface area contributed by atoms with Gasteiger partial charge < -0.3 is 0 Å². The maximum atomic E-state index is 11.4. The first kappa shape index (κ1) is 11.9. The molecule has 1 aliphatic heterocycles. The second-order valence-electron chi connectivity index (χ2n) is 3.21. The molecular weight excluding hydrogens is 230 g/mol. The molecule has 1 saturated heterocycles. The Morgan fingerprint density at radius 3 is 1.93 bits per heavy atom. The van der Waals surface area contributed by atoms with E-state index < -0.39 is 31.6 Å². The molecule has 1 fully saturated rings. The summed E-state index contributed by atoms with van der Waals surface area (Å²) in [6.07, 6.45) is 1.62. The zero-order valence-electron chi connectivity index (χ0n) is 7.59. The molecule has 1 aliphatic rings. The minimum absolute atomic E-state index is 0.452. The summed E-state index contributed by atoms with van der Waals surface area (Å²) >= 11 is 0. The van der Waals surface area contributed by atoms with Crippen molar-refractivity contribution in [2.75, 3.05) is 24.6 Å². The molecule has 1 rings (SSSR count). The van der Waals surface area contributed by atoms with Crippen LogP contribution in [-0.4, -0.2) is 50.3 Å². The summed E-state index contributed by atoms with van der Waals surface area (Å²) in [6, 6.07) is 0. The van der Waals surface area contributed by atoms with Crippen molar-refractivity contribution >= 4 is 20.1 Å². The summed E-state index contributed by atoms with van der Waals surface area (Å²) in [4.78, 5) is 0. The highest BCUT2D eigenvalue weighted by Crippen LogP contribution is 2.13. The monoisotopic (exact) mass is 243 g/mol. The van der Waals surface area contributed by atoms with Crippen LogP contribution < -0.4 is 0 Å². The van der Waals surface area contributed by atoms with E-state index in [-0.39, 0.29) is 0 Å². The molecular formula is C6H13NO5S2. The molecule has 84 valence electrons. The standard InChI is InChI=1S/C6H13NO5S2/c8-13(9,5-6-14(10,11)12)7-3-1-2-4-7/h1-6H2,(H,10,11,12). The van der Waals surface area contributed by atoms with Gasteiger partial charge in [-0.3, -0.25) is 4.55 Å². The van der Waals surface area contributed by atoms with Crippen LogP contribution in [0.2, 0.25) is 0 Å². The molecule has 0 atom stereocenters. The molecule has 8 heteroatoms. The van der Waals surface area contributed by atoms with Gasteiger partial charge in [-0.2, -0.15) is 8.42 Å². The molecule has 0 radical (unpaired) electrons. The Labute approximate surface area is 83.7 Å². The van der Waals surface area contributed by atoms with Gasteiger partial charge in [0, 0.05) is 13.1 Å². The molecule has 1 N–H and O–H groups in total. The van der Waals surface area contributed by atoms with Gasteiger partial charge >= 0.3 is 0 Å². The lowest BCUT2D eigenvalue weighted by Crippen LogP contribution is -2.32. The van der Waals surface area contributed by atoms with E-state index >= 15 is 0 Å². The molecule has 0 saturated carbocycles. The minimum atomic E-state index is -4.19. The summed E-state index contributed by atoms with van der Waals surface area (Å²) in [6.45, 7) is 0.904. The molecule has 6 nitrogen and oxygen atoms in total. The van der Waals surface area contributed by atoms with Crippen molar-refractivity contribution in [1.29, 1.82) is 0 Å². The van der Waals surface area contributed by atoms with Crippen LogP contribution >= 0.6 is 0 Å². The van der Waals surface area contributed by atoms with Gasteiger partial charge in [-0.15, -0.1) is 0 Å². The van der Waals surface area contributed by atoms with Crippen molar-refractivity contribution in [3.63, 3.8) is 0 Å². The van der Waals surface area contributed by atoms with E-state index in [0.717, 1.165) is 12.8 Å². The van der Waals surface area contributed by atoms with E-state index in [0.29, 0.717) is 13.1 Å². The van der Waals surface area contributed by atoms with E-state index in [2.05, 4.69) is 0 Å². The summed E-state index contributed by atoms with van der Waals surface area (Å²) in [5.41, 5.74) is 0. The second kappa shape index (κ2) is 4.13. The fraction of sp³-hybridized carbons (Fsp3) is 1.00. The summed E-state index contributed by atoms with van der Waals surface area (Å²) in [7, 11) is -7.69. The fourth-order valence-corrected chi connectivity index (χ4v) is 4.06. The number of sulfonamides is 1. The van der Waals surface area contributed by atoms with Gasteiger partial charge in [0.2, 0.25) is 10.0 Å². The highest BCUT2D eigenvalue weighted by molar-refractivity contribution is 7.91. The molecule has 0 aromatic heterocycles. The molecule has 0 amide bonds. The van der Waals surface area contributed by atoms with Crippen molar-refractivity contribution in [3.05, 3.63) is 0 Å². The van der Waals surface area contributed by atoms with Crippen LogP contribution in [0.4, 0.5) is 0 Å². The van der Waals surface area contributed by atoms with Gasteiger partial charge in [-0.1, -0.05) is 0 Å². The first-order chi connectivity index (χ1) is 6.31. The lowest BCUT2D eigenvalue weighted by Gasteiger charge is -2.14. The van der Waals surface area contributed by atoms with Crippen LogP contribution in [0.5, 0.6) is 0 Å². The van der Waals surface area contributed by atoms with Gasteiger partial charge in [-0.05, 0) is 12.8 Å².